The maximum atomic E-state index is 13.1. The lowest BCUT2D eigenvalue weighted by molar-refractivity contribution is -0.137. The number of carbonyl (C=O) groups excluding carboxylic acids is 1. The van der Waals surface area contributed by atoms with E-state index in [1.165, 1.54) is 12.1 Å². The number of rotatable bonds is 6. The molecule has 3 heterocycles. The molecule has 0 saturated carbocycles. The molecule has 3 aromatic heterocycles. The highest BCUT2D eigenvalue weighted by Gasteiger charge is 2.30. The maximum absolute atomic E-state index is 13.1. The molecule has 0 bridgehead atoms. The van der Waals surface area contributed by atoms with Gasteiger partial charge in [-0.15, -0.1) is 0 Å². The molecule has 11 heteroatoms. The lowest BCUT2D eigenvalue weighted by atomic mass is 10.1. The van der Waals surface area contributed by atoms with E-state index in [4.69, 9.17) is 0 Å². The monoisotopic (exact) mass is 527 g/mol. The van der Waals surface area contributed by atoms with Gasteiger partial charge in [-0.1, -0.05) is 12.1 Å². The molecule has 0 saturated heterocycles. The SMILES string of the molecule is Cc1ccc(C(=O)Nc2cccc(C(F)(F)F)c2)cc1Nc1nc(-c2ccncc2)nc(-c2ccncc2)n1. The van der Waals surface area contributed by atoms with Crippen LogP contribution in [-0.4, -0.2) is 30.8 Å². The number of hydrogen-bond donors (Lipinski definition) is 2. The van der Waals surface area contributed by atoms with Gasteiger partial charge in [-0.3, -0.25) is 14.8 Å². The van der Waals surface area contributed by atoms with E-state index < -0.39 is 17.6 Å². The number of halogens is 3. The van der Waals surface area contributed by atoms with Gasteiger partial charge in [-0.25, -0.2) is 4.98 Å². The number of carbonyl (C=O) groups is 1. The van der Waals surface area contributed by atoms with E-state index in [0.717, 1.165) is 28.8 Å². The minimum absolute atomic E-state index is 0.0337. The molecule has 8 nitrogen and oxygen atoms in total. The standard InChI is InChI=1S/C28H20F3N7O/c1-17-5-6-20(26(39)34-22-4-2-3-21(16-22)28(29,30)31)15-23(17)35-27-37-24(18-7-11-32-12-8-18)36-25(38-27)19-9-13-33-14-10-19/h2-16H,1H3,(H,34,39)(H,35,36,37,38). The zero-order valence-electron chi connectivity index (χ0n) is 20.4. The van der Waals surface area contributed by atoms with Crippen molar-refractivity contribution in [3.63, 3.8) is 0 Å². The van der Waals surface area contributed by atoms with Gasteiger partial charge in [0.1, 0.15) is 0 Å². The number of pyridine rings is 2. The zero-order valence-corrected chi connectivity index (χ0v) is 20.4. The van der Waals surface area contributed by atoms with Gasteiger partial charge in [-0.2, -0.15) is 23.1 Å². The molecule has 0 aliphatic carbocycles. The average Bonchev–Trinajstić information content (AvgIpc) is 2.94. The third-order valence-corrected chi connectivity index (χ3v) is 5.71. The van der Waals surface area contributed by atoms with Crippen molar-refractivity contribution < 1.29 is 18.0 Å². The summed E-state index contributed by atoms with van der Waals surface area (Å²) in [4.78, 5) is 34.7. The Morgan fingerprint density at radius 2 is 1.38 bits per heavy atom. The Labute approximate surface area is 221 Å². The van der Waals surface area contributed by atoms with E-state index in [1.54, 1.807) is 67.3 Å². The molecule has 0 radical (unpaired) electrons. The first kappa shape index (κ1) is 25.5. The van der Waals surface area contributed by atoms with Gasteiger partial charge in [0.25, 0.3) is 5.91 Å². The number of anilines is 3. The first-order chi connectivity index (χ1) is 18.8. The first-order valence-corrected chi connectivity index (χ1v) is 11.7. The predicted molar refractivity (Wildman–Crippen MR) is 140 cm³/mol. The summed E-state index contributed by atoms with van der Waals surface area (Å²) in [5, 5.41) is 5.68. The Morgan fingerprint density at radius 3 is 1.97 bits per heavy atom. The van der Waals surface area contributed by atoms with Crippen molar-refractivity contribution in [2.45, 2.75) is 13.1 Å². The molecule has 5 aromatic rings. The van der Waals surface area contributed by atoms with Crippen molar-refractivity contribution in [2.75, 3.05) is 10.6 Å². The highest BCUT2D eigenvalue weighted by molar-refractivity contribution is 6.05. The summed E-state index contributed by atoms with van der Waals surface area (Å²) in [6, 6.07) is 16.5. The molecule has 5 rings (SSSR count). The number of amides is 1. The summed E-state index contributed by atoms with van der Waals surface area (Å²) in [5.41, 5.74) is 2.22. The molecule has 2 N–H and O–H groups in total. The summed E-state index contributed by atoms with van der Waals surface area (Å²) in [6.07, 6.45) is 2.02. The molecule has 2 aromatic carbocycles. The first-order valence-electron chi connectivity index (χ1n) is 11.7. The minimum Gasteiger partial charge on any atom is -0.324 e. The molecule has 0 aliphatic rings. The molecule has 0 atom stereocenters. The highest BCUT2D eigenvalue weighted by Crippen LogP contribution is 2.31. The molecule has 194 valence electrons. The second-order valence-electron chi connectivity index (χ2n) is 8.47. The second-order valence-corrected chi connectivity index (χ2v) is 8.47. The molecule has 0 aliphatic heterocycles. The van der Waals surface area contributed by atoms with Crippen LogP contribution >= 0.6 is 0 Å². The number of alkyl halides is 3. The maximum Gasteiger partial charge on any atom is 0.416 e. The Kier molecular flexibility index (Phi) is 6.96. The van der Waals surface area contributed by atoms with Crippen LogP contribution in [-0.2, 0) is 6.18 Å². The summed E-state index contributed by atoms with van der Waals surface area (Å²) < 4.78 is 39.2. The summed E-state index contributed by atoms with van der Waals surface area (Å²) >= 11 is 0. The Balaban J connectivity index is 1.46. The lowest BCUT2D eigenvalue weighted by Crippen LogP contribution is -2.14. The Hall–Kier alpha value is -5.19. The number of hydrogen-bond acceptors (Lipinski definition) is 7. The van der Waals surface area contributed by atoms with E-state index in [1.807, 2.05) is 6.92 Å². The van der Waals surface area contributed by atoms with Crippen LogP contribution in [0.1, 0.15) is 21.5 Å². The van der Waals surface area contributed by atoms with Gasteiger partial charge < -0.3 is 10.6 Å². The number of aromatic nitrogens is 5. The Morgan fingerprint density at radius 1 is 0.769 bits per heavy atom. The summed E-state index contributed by atoms with van der Waals surface area (Å²) in [6.45, 7) is 1.84. The van der Waals surface area contributed by atoms with Gasteiger partial charge in [0.2, 0.25) is 5.95 Å². The van der Waals surface area contributed by atoms with Crippen LogP contribution in [0.2, 0.25) is 0 Å². The van der Waals surface area contributed by atoms with Gasteiger partial charge in [-0.05, 0) is 67.1 Å². The van der Waals surface area contributed by atoms with Crippen LogP contribution in [0.3, 0.4) is 0 Å². The molecule has 0 unspecified atom stereocenters. The van der Waals surface area contributed by atoms with Gasteiger partial charge in [0.15, 0.2) is 11.6 Å². The molecule has 39 heavy (non-hydrogen) atoms. The van der Waals surface area contributed by atoms with E-state index in [9.17, 15) is 18.0 Å². The number of aryl methyl sites for hydroxylation is 1. The average molecular weight is 528 g/mol. The molecule has 0 fully saturated rings. The number of nitrogens with zero attached hydrogens (tertiary/aromatic N) is 5. The number of benzene rings is 2. The zero-order chi connectivity index (χ0) is 27.4. The van der Waals surface area contributed by atoms with E-state index in [2.05, 4.69) is 35.6 Å². The molecular formula is C28H20F3N7O. The molecule has 0 spiro atoms. The smallest absolute Gasteiger partial charge is 0.324 e. The summed E-state index contributed by atoms with van der Waals surface area (Å²) in [7, 11) is 0. The largest absolute Gasteiger partial charge is 0.416 e. The van der Waals surface area contributed by atoms with Crippen molar-refractivity contribution in [3.05, 3.63) is 108 Å². The minimum atomic E-state index is -4.52. The fourth-order valence-electron chi connectivity index (χ4n) is 3.69. The molecular weight excluding hydrogens is 507 g/mol. The van der Waals surface area contributed by atoms with Crippen molar-refractivity contribution in [1.82, 2.24) is 24.9 Å². The van der Waals surface area contributed by atoms with Crippen molar-refractivity contribution in [2.24, 2.45) is 0 Å². The van der Waals surface area contributed by atoms with E-state index >= 15 is 0 Å². The summed E-state index contributed by atoms with van der Waals surface area (Å²) in [5.74, 6) is 0.501. The van der Waals surface area contributed by atoms with Crippen LogP contribution in [0, 0.1) is 6.92 Å². The van der Waals surface area contributed by atoms with Crippen molar-refractivity contribution in [1.29, 1.82) is 0 Å². The predicted octanol–water partition coefficient (Wildman–Crippen LogP) is 6.32. The number of nitrogens with one attached hydrogen (secondary N) is 2. The van der Waals surface area contributed by atoms with E-state index in [0.29, 0.717) is 17.3 Å². The van der Waals surface area contributed by atoms with Crippen LogP contribution in [0.15, 0.2) is 91.5 Å². The van der Waals surface area contributed by atoms with Crippen LogP contribution in [0.4, 0.5) is 30.5 Å². The van der Waals surface area contributed by atoms with Crippen LogP contribution < -0.4 is 10.6 Å². The second kappa shape index (κ2) is 10.7. The topological polar surface area (TPSA) is 106 Å². The van der Waals surface area contributed by atoms with Crippen molar-refractivity contribution >= 4 is 23.2 Å². The van der Waals surface area contributed by atoms with Gasteiger partial charge in [0.05, 0.1) is 5.56 Å². The third kappa shape index (κ3) is 6.04. The third-order valence-electron chi connectivity index (χ3n) is 5.71. The van der Waals surface area contributed by atoms with E-state index in [-0.39, 0.29) is 17.2 Å². The van der Waals surface area contributed by atoms with Crippen LogP contribution in [0.25, 0.3) is 22.8 Å². The van der Waals surface area contributed by atoms with Gasteiger partial charge in [0, 0.05) is 52.9 Å². The highest BCUT2D eigenvalue weighted by atomic mass is 19.4. The quantitative estimate of drug-likeness (QED) is 0.266. The fourth-order valence-corrected chi connectivity index (χ4v) is 3.69. The van der Waals surface area contributed by atoms with Gasteiger partial charge >= 0.3 is 6.18 Å². The molecule has 1 amide bonds. The normalized spacial score (nSPS) is 11.2. The lowest BCUT2D eigenvalue weighted by Gasteiger charge is -2.13. The van der Waals surface area contributed by atoms with Crippen molar-refractivity contribution in [3.8, 4) is 22.8 Å². The Bertz CT molecular complexity index is 1570. The fraction of sp³-hybridized carbons (Fsp3) is 0.0714. The van der Waals surface area contributed by atoms with Crippen LogP contribution in [0.5, 0.6) is 0 Å².